The molecule has 0 aliphatic carbocycles. The molecule has 0 spiro atoms. The van der Waals surface area contributed by atoms with E-state index in [1.54, 1.807) is 6.92 Å². The number of phenols is 1. The number of hydrogen-bond donors (Lipinski definition) is 2. The van der Waals surface area contributed by atoms with E-state index in [4.69, 9.17) is 5.11 Å². The quantitative estimate of drug-likeness (QED) is 0.736. The van der Waals surface area contributed by atoms with Gasteiger partial charge in [-0.2, -0.15) is 0 Å². The number of rotatable bonds is 4. The molecular weight excluding hydrogens is 316 g/mol. The van der Waals surface area contributed by atoms with E-state index in [0.717, 1.165) is 16.0 Å². The maximum Gasteiger partial charge on any atom is 0.317 e. The summed E-state index contributed by atoms with van der Waals surface area (Å²) in [5.74, 6) is -0.469. The molecule has 0 radical (unpaired) electrons. The zero-order valence-electron chi connectivity index (χ0n) is 14.4. The molecule has 0 aromatic heterocycles. The predicted molar refractivity (Wildman–Crippen MR) is 96.1 cm³/mol. The molecule has 0 bridgehead atoms. The van der Waals surface area contributed by atoms with E-state index >= 15 is 0 Å². The molecule has 1 rings (SSSR count). The van der Waals surface area contributed by atoms with Crippen molar-refractivity contribution in [3.8, 4) is 5.75 Å². The van der Waals surface area contributed by atoms with E-state index in [9.17, 15) is 9.90 Å². The number of benzene rings is 1. The molecule has 3 nitrogen and oxygen atoms in total. The molecule has 0 fully saturated rings. The van der Waals surface area contributed by atoms with Crippen molar-refractivity contribution < 1.29 is 15.0 Å². The molecule has 0 saturated heterocycles. The van der Waals surface area contributed by atoms with Crippen molar-refractivity contribution >= 4 is 27.6 Å². The van der Waals surface area contributed by atoms with Gasteiger partial charge in [0.1, 0.15) is 11.0 Å². The van der Waals surface area contributed by atoms with E-state index in [1.165, 1.54) is 21.6 Å². The number of aliphatic carboxylic acids is 1. The summed E-state index contributed by atoms with van der Waals surface area (Å²) in [7, 11) is 2.77. The van der Waals surface area contributed by atoms with Crippen molar-refractivity contribution in [1.82, 2.24) is 0 Å². The number of carboxylic acids is 1. The summed E-state index contributed by atoms with van der Waals surface area (Å²) in [6, 6.07) is 3.94. The van der Waals surface area contributed by atoms with Gasteiger partial charge in [0.15, 0.2) is 0 Å². The van der Waals surface area contributed by atoms with Gasteiger partial charge in [-0.15, -0.1) is 0 Å². The number of carboxylic acid groups (broad SMARTS) is 1. The molecule has 0 amide bonds. The average Bonchev–Trinajstić information content (AvgIpc) is 2.33. The Balaban J connectivity index is 3.27. The summed E-state index contributed by atoms with van der Waals surface area (Å²) in [6.07, 6.45) is 0. The van der Waals surface area contributed by atoms with Crippen LogP contribution >= 0.6 is 21.6 Å². The van der Waals surface area contributed by atoms with Crippen molar-refractivity contribution in [2.24, 2.45) is 0 Å². The maximum absolute atomic E-state index is 11.0. The van der Waals surface area contributed by atoms with Gasteiger partial charge in [-0.1, -0.05) is 63.1 Å². The lowest BCUT2D eigenvalue weighted by Gasteiger charge is -2.28. The average molecular weight is 343 g/mol. The SMILES string of the molecule is CC(SSc1cc(C(C)(C)C)c(O)c(C(C)(C)C)c1)C(=O)O. The van der Waals surface area contributed by atoms with Gasteiger partial charge in [0, 0.05) is 16.0 Å². The number of phenolic OH excluding ortho intramolecular Hbond substituents is 1. The van der Waals surface area contributed by atoms with Gasteiger partial charge in [-0.05, 0) is 29.9 Å². The zero-order chi connectivity index (χ0) is 17.3. The second-order valence-electron chi connectivity index (χ2n) is 7.53. The van der Waals surface area contributed by atoms with Gasteiger partial charge in [0.05, 0.1) is 0 Å². The van der Waals surface area contributed by atoms with Gasteiger partial charge in [0.2, 0.25) is 0 Å². The lowest BCUT2D eigenvalue weighted by Crippen LogP contribution is -2.17. The fourth-order valence-corrected chi connectivity index (χ4v) is 3.94. The van der Waals surface area contributed by atoms with Crippen LogP contribution in [0.5, 0.6) is 5.75 Å². The van der Waals surface area contributed by atoms with Crippen molar-refractivity contribution in [3.05, 3.63) is 23.3 Å². The smallest absolute Gasteiger partial charge is 0.317 e. The van der Waals surface area contributed by atoms with Crippen LogP contribution in [0.15, 0.2) is 17.0 Å². The molecule has 2 N–H and O–H groups in total. The highest BCUT2D eigenvalue weighted by molar-refractivity contribution is 8.77. The standard InChI is InChI=1S/C17H26O3S2/c1-10(15(19)20)21-22-11-8-12(16(2,3)4)14(18)13(9-11)17(5,6)7/h8-10,18H,1-7H3,(H,19,20). The van der Waals surface area contributed by atoms with Crippen LogP contribution in [0, 0.1) is 0 Å². The van der Waals surface area contributed by atoms with Crippen molar-refractivity contribution in [1.29, 1.82) is 0 Å². The lowest BCUT2D eigenvalue weighted by atomic mass is 9.79. The molecule has 124 valence electrons. The fraction of sp³-hybridized carbons (Fsp3) is 0.588. The molecule has 0 aliphatic rings. The summed E-state index contributed by atoms with van der Waals surface area (Å²) < 4.78 is 0. The Bertz CT molecular complexity index is 519. The minimum absolute atomic E-state index is 0.177. The fourth-order valence-electron chi connectivity index (χ4n) is 1.97. The van der Waals surface area contributed by atoms with Crippen LogP contribution < -0.4 is 0 Å². The van der Waals surface area contributed by atoms with Crippen LogP contribution in [-0.2, 0) is 15.6 Å². The summed E-state index contributed by atoms with van der Waals surface area (Å²) >= 11 is 0. The predicted octanol–water partition coefficient (Wildman–Crippen LogP) is 5.20. The third-order valence-corrected chi connectivity index (χ3v) is 6.08. The van der Waals surface area contributed by atoms with Gasteiger partial charge in [-0.3, -0.25) is 4.79 Å². The number of aromatic hydroxyl groups is 1. The Kier molecular flexibility index (Phi) is 5.90. The zero-order valence-corrected chi connectivity index (χ0v) is 16.0. The highest BCUT2D eigenvalue weighted by atomic mass is 33.1. The molecule has 5 heteroatoms. The van der Waals surface area contributed by atoms with E-state index in [0.29, 0.717) is 5.75 Å². The van der Waals surface area contributed by atoms with E-state index in [1.807, 2.05) is 12.1 Å². The third kappa shape index (κ3) is 4.85. The Labute approximate surface area is 141 Å². The molecule has 1 aromatic carbocycles. The summed E-state index contributed by atoms with van der Waals surface area (Å²) in [6.45, 7) is 14.1. The maximum atomic E-state index is 11.0. The lowest BCUT2D eigenvalue weighted by molar-refractivity contribution is -0.136. The highest BCUT2D eigenvalue weighted by Gasteiger charge is 2.27. The van der Waals surface area contributed by atoms with Crippen LogP contribution in [0.4, 0.5) is 0 Å². The molecule has 1 unspecified atom stereocenters. The largest absolute Gasteiger partial charge is 0.507 e. The minimum Gasteiger partial charge on any atom is -0.507 e. The van der Waals surface area contributed by atoms with Crippen LogP contribution in [0.2, 0.25) is 0 Å². The van der Waals surface area contributed by atoms with Crippen molar-refractivity contribution in [2.45, 2.75) is 69.4 Å². The van der Waals surface area contributed by atoms with E-state index in [2.05, 4.69) is 41.5 Å². The van der Waals surface area contributed by atoms with Gasteiger partial charge < -0.3 is 10.2 Å². The first-order valence-corrected chi connectivity index (χ1v) is 9.49. The first kappa shape index (κ1) is 19.2. The normalized spacial score (nSPS) is 14.0. The molecule has 0 aliphatic heterocycles. The molecule has 1 aromatic rings. The Hall–Kier alpha value is -0.810. The Morgan fingerprint density at radius 3 is 1.77 bits per heavy atom. The second-order valence-corrected chi connectivity index (χ2v) is 10.1. The van der Waals surface area contributed by atoms with Crippen LogP contribution in [-0.4, -0.2) is 21.4 Å². The molecule has 1 atom stereocenters. The second kappa shape index (κ2) is 6.75. The molecular formula is C17H26O3S2. The van der Waals surface area contributed by atoms with E-state index < -0.39 is 11.2 Å². The first-order chi connectivity index (χ1) is 9.84. The Morgan fingerprint density at radius 1 is 1.05 bits per heavy atom. The van der Waals surface area contributed by atoms with E-state index in [-0.39, 0.29) is 10.8 Å². The van der Waals surface area contributed by atoms with Crippen molar-refractivity contribution in [2.75, 3.05) is 0 Å². The Morgan fingerprint density at radius 2 is 1.45 bits per heavy atom. The number of hydrogen-bond acceptors (Lipinski definition) is 4. The third-order valence-electron chi connectivity index (χ3n) is 3.34. The monoisotopic (exact) mass is 342 g/mol. The van der Waals surface area contributed by atoms with Crippen LogP contribution in [0.25, 0.3) is 0 Å². The van der Waals surface area contributed by atoms with Gasteiger partial charge >= 0.3 is 5.97 Å². The topological polar surface area (TPSA) is 57.5 Å². The van der Waals surface area contributed by atoms with Gasteiger partial charge in [0.25, 0.3) is 0 Å². The molecule has 0 heterocycles. The number of carbonyl (C=O) groups is 1. The minimum atomic E-state index is -0.816. The van der Waals surface area contributed by atoms with Gasteiger partial charge in [-0.25, -0.2) is 0 Å². The summed E-state index contributed by atoms with van der Waals surface area (Å²) in [4.78, 5) is 11.9. The highest BCUT2D eigenvalue weighted by Crippen LogP contribution is 2.44. The summed E-state index contributed by atoms with van der Waals surface area (Å²) in [5.41, 5.74) is 1.44. The van der Waals surface area contributed by atoms with Crippen LogP contribution in [0.1, 0.15) is 59.6 Å². The molecule has 0 saturated carbocycles. The van der Waals surface area contributed by atoms with Crippen LogP contribution in [0.3, 0.4) is 0 Å². The summed E-state index contributed by atoms with van der Waals surface area (Å²) in [5, 5.41) is 19.2. The molecule has 22 heavy (non-hydrogen) atoms. The van der Waals surface area contributed by atoms with Crippen molar-refractivity contribution in [3.63, 3.8) is 0 Å². The first-order valence-electron chi connectivity index (χ1n) is 7.28.